The van der Waals surface area contributed by atoms with Crippen molar-refractivity contribution in [1.29, 1.82) is 0 Å². The molecule has 3 unspecified atom stereocenters. The summed E-state index contributed by atoms with van der Waals surface area (Å²) < 4.78 is 0. The van der Waals surface area contributed by atoms with Crippen molar-refractivity contribution in [2.45, 2.75) is 108 Å². The Kier molecular flexibility index (Phi) is 15.5. The van der Waals surface area contributed by atoms with E-state index in [1.54, 1.807) is 19.9 Å². The monoisotopic (exact) mass is 704 g/mol. The van der Waals surface area contributed by atoms with Gasteiger partial charge in [0, 0.05) is 24.0 Å². The lowest BCUT2D eigenvalue weighted by molar-refractivity contribution is -0.131. The molecule has 7 heteroatoms. The van der Waals surface area contributed by atoms with E-state index in [0.717, 1.165) is 23.1 Å². The zero-order valence-corrected chi connectivity index (χ0v) is 32.4. The minimum absolute atomic E-state index is 0.0283. The number of Topliss-reactive ketones (excluding diaryl/α,β-unsaturated/α-hetero) is 1. The van der Waals surface area contributed by atoms with E-state index in [4.69, 9.17) is 16.7 Å². The van der Waals surface area contributed by atoms with Gasteiger partial charge in [0.1, 0.15) is 17.3 Å². The summed E-state index contributed by atoms with van der Waals surface area (Å²) >= 11 is 6.09. The molecule has 0 saturated heterocycles. The molecule has 0 aromatic heterocycles. The number of aromatic hydroxyl groups is 2. The Labute approximate surface area is 304 Å². The number of benzene rings is 1. The number of phenols is 2. The predicted molar refractivity (Wildman–Crippen MR) is 206 cm³/mol. The van der Waals surface area contributed by atoms with Gasteiger partial charge in [0.25, 0.3) is 0 Å². The lowest BCUT2D eigenvalue weighted by Crippen LogP contribution is -2.40. The van der Waals surface area contributed by atoms with Crippen molar-refractivity contribution in [3.63, 3.8) is 0 Å². The molecule has 3 rings (SSSR count). The third-order valence-electron chi connectivity index (χ3n) is 10.6. The molecule has 0 bridgehead atoms. The number of carbonyl (C=O) groups excluding carboxylic acids is 2. The van der Waals surface area contributed by atoms with Gasteiger partial charge in [0.15, 0.2) is 6.29 Å². The highest BCUT2D eigenvalue weighted by Crippen LogP contribution is 2.45. The van der Waals surface area contributed by atoms with Gasteiger partial charge in [-0.3, -0.25) is 9.59 Å². The number of allylic oxidation sites excluding steroid dienone is 13. The van der Waals surface area contributed by atoms with Crippen LogP contribution in [0.4, 0.5) is 0 Å². The molecule has 0 spiro atoms. The number of carboxylic acid groups (broad SMARTS) is 1. The molecule has 272 valence electrons. The molecule has 1 fully saturated rings. The molecule has 2 aliphatic rings. The van der Waals surface area contributed by atoms with Crippen LogP contribution in [-0.4, -0.2) is 33.4 Å². The van der Waals surface area contributed by atoms with Crippen LogP contribution >= 0.6 is 11.6 Å². The summed E-state index contributed by atoms with van der Waals surface area (Å²) in [7, 11) is 0. The van der Waals surface area contributed by atoms with Crippen molar-refractivity contribution in [2.75, 3.05) is 0 Å². The lowest BCUT2D eigenvalue weighted by Gasteiger charge is -2.42. The highest BCUT2D eigenvalue weighted by atomic mass is 35.5. The Morgan fingerprint density at radius 2 is 1.62 bits per heavy atom. The average molecular weight is 705 g/mol. The van der Waals surface area contributed by atoms with E-state index < -0.39 is 5.97 Å². The molecule has 0 heterocycles. The van der Waals surface area contributed by atoms with E-state index in [-0.39, 0.29) is 50.8 Å². The van der Waals surface area contributed by atoms with Crippen LogP contribution in [0.25, 0.3) is 0 Å². The maximum atomic E-state index is 12.2. The molecule has 2 aliphatic carbocycles. The molecule has 1 aromatic carbocycles. The lowest BCUT2D eigenvalue weighted by atomic mass is 9.61. The Morgan fingerprint density at radius 1 is 0.960 bits per heavy atom. The van der Waals surface area contributed by atoms with Crippen LogP contribution in [0.5, 0.6) is 11.5 Å². The van der Waals surface area contributed by atoms with E-state index in [2.05, 4.69) is 59.8 Å². The van der Waals surface area contributed by atoms with Crippen LogP contribution in [0.1, 0.15) is 116 Å². The fourth-order valence-electron chi connectivity index (χ4n) is 6.70. The zero-order valence-electron chi connectivity index (χ0n) is 31.6. The summed E-state index contributed by atoms with van der Waals surface area (Å²) in [6.07, 6.45) is 23.3. The maximum absolute atomic E-state index is 12.2. The molecule has 3 atom stereocenters. The fraction of sp³-hybridized carbons (Fsp3) is 0.465. The first-order chi connectivity index (χ1) is 23.3. The van der Waals surface area contributed by atoms with Gasteiger partial charge >= 0.3 is 5.97 Å². The zero-order chi connectivity index (χ0) is 38.0. The molecule has 0 radical (unpaired) electrons. The number of aliphatic carboxylic acids is 1. The summed E-state index contributed by atoms with van der Waals surface area (Å²) in [4.78, 5) is 33.9. The van der Waals surface area contributed by atoms with E-state index in [1.165, 1.54) is 36.5 Å². The SMILES string of the molecule is CC(/C=C/C1(C)C(C)CCC(=O)C1C)=C\Cc1c(O)c(Cl)c(C)c(C=O)c1O.CC1=C(/C=C/C(C)=C/C=C/C(C)=C/C(=O)O)C(C)(C)CCC1. The van der Waals surface area contributed by atoms with Crippen LogP contribution < -0.4 is 0 Å². The van der Waals surface area contributed by atoms with Gasteiger partial charge in [-0.2, -0.15) is 0 Å². The highest BCUT2D eigenvalue weighted by molar-refractivity contribution is 6.33. The smallest absolute Gasteiger partial charge is 0.328 e. The number of aldehydes is 1. The predicted octanol–water partition coefficient (Wildman–Crippen LogP) is 11.2. The number of phenolic OH excluding ortho intramolecular Hbond substituents is 2. The van der Waals surface area contributed by atoms with Gasteiger partial charge in [0.05, 0.1) is 10.6 Å². The average Bonchev–Trinajstić information content (AvgIpc) is 3.03. The maximum Gasteiger partial charge on any atom is 0.328 e. The van der Waals surface area contributed by atoms with Crippen molar-refractivity contribution < 1.29 is 29.7 Å². The molecule has 3 N–H and O–H groups in total. The minimum atomic E-state index is -0.912. The second kappa shape index (κ2) is 18.4. The van der Waals surface area contributed by atoms with Crippen molar-refractivity contribution in [1.82, 2.24) is 0 Å². The Bertz CT molecular complexity index is 1660. The molecule has 6 nitrogen and oxygen atoms in total. The molecule has 1 aromatic rings. The summed E-state index contributed by atoms with van der Waals surface area (Å²) in [6, 6.07) is 0. The standard InChI is InChI=1S/C23H29ClO4.C20H28O2/c1-13(10-11-23(5)14(2)7-9-19(26)16(23)4)6-8-17-21(27)18(12-25)15(3)20(24)22(17)28;1-15(8-6-9-16(2)14-19(21)22)11-12-18-17(3)10-7-13-20(18,4)5/h6,10-12,14,16,27-28H,7-9H2,1-5H3;6,8-9,11-12,14H,7,10,13H2,1-5H3,(H,21,22)/b11-10+,13-6+;9-6+,12-11+,15-8+,16-14+. The second-order valence-corrected chi connectivity index (χ2v) is 15.3. The third kappa shape index (κ3) is 11.1. The first kappa shape index (κ1) is 42.3. The fourth-order valence-corrected chi connectivity index (χ4v) is 6.92. The number of carbonyl (C=O) groups is 3. The molecule has 0 amide bonds. The summed E-state index contributed by atoms with van der Waals surface area (Å²) in [5, 5.41) is 29.3. The summed E-state index contributed by atoms with van der Waals surface area (Å²) in [5.41, 5.74) is 6.50. The number of rotatable bonds is 10. The van der Waals surface area contributed by atoms with Gasteiger partial charge in [-0.05, 0) is 100 Å². The van der Waals surface area contributed by atoms with Gasteiger partial charge < -0.3 is 15.3 Å². The Balaban J connectivity index is 0.000000358. The first-order valence-corrected chi connectivity index (χ1v) is 17.9. The topological polar surface area (TPSA) is 112 Å². The Morgan fingerprint density at radius 3 is 2.22 bits per heavy atom. The second-order valence-electron chi connectivity index (χ2n) is 14.9. The molecule has 50 heavy (non-hydrogen) atoms. The first-order valence-electron chi connectivity index (χ1n) is 17.5. The van der Waals surface area contributed by atoms with Crippen LogP contribution in [-0.2, 0) is 16.0 Å². The van der Waals surface area contributed by atoms with E-state index in [1.807, 2.05) is 38.2 Å². The van der Waals surface area contributed by atoms with Crippen LogP contribution in [0.3, 0.4) is 0 Å². The van der Waals surface area contributed by atoms with Crippen LogP contribution in [0.15, 0.2) is 82.5 Å². The number of halogens is 1. The molecule has 1 saturated carbocycles. The van der Waals surface area contributed by atoms with Gasteiger partial charge in [-0.1, -0.05) is 112 Å². The quantitative estimate of drug-likeness (QED) is 0.127. The van der Waals surface area contributed by atoms with Gasteiger partial charge in [-0.25, -0.2) is 4.79 Å². The van der Waals surface area contributed by atoms with E-state index in [0.29, 0.717) is 30.0 Å². The third-order valence-corrected chi connectivity index (χ3v) is 11.1. The van der Waals surface area contributed by atoms with Crippen LogP contribution in [0, 0.1) is 29.6 Å². The summed E-state index contributed by atoms with van der Waals surface area (Å²) in [5.74, 6) is -0.679. The van der Waals surface area contributed by atoms with Gasteiger partial charge in [-0.15, -0.1) is 0 Å². The van der Waals surface area contributed by atoms with E-state index in [9.17, 15) is 24.6 Å². The van der Waals surface area contributed by atoms with Gasteiger partial charge in [0.2, 0.25) is 0 Å². The molecule has 0 aliphatic heterocycles. The number of hydrogen-bond donors (Lipinski definition) is 3. The normalized spacial score (nSPS) is 23.5. The van der Waals surface area contributed by atoms with Crippen molar-refractivity contribution in [2.24, 2.45) is 22.7 Å². The van der Waals surface area contributed by atoms with Crippen molar-refractivity contribution in [3.8, 4) is 11.5 Å². The molecular weight excluding hydrogens is 648 g/mol. The minimum Gasteiger partial charge on any atom is -0.507 e. The highest BCUT2D eigenvalue weighted by Gasteiger charge is 2.41. The number of hydrogen-bond acceptors (Lipinski definition) is 5. The largest absolute Gasteiger partial charge is 0.507 e. The number of carboxylic acids is 1. The number of ketones is 1. The van der Waals surface area contributed by atoms with Crippen LogP contribution in [0.2, 0.25) is 5.02 Å². The molecular formula is C43H57ClO6. The summed E-state index contributed by atoms with van der Waals surface area (Å²) in [6.45, 7) is 20.5. The van der Waals surface area contributed by atoms with Crippen molar-refractivity contribution in [3.05, 3.63) is 104 Å². The Hall–Kier alpha value is -3.90. The van der Waals surface area contributed by atoms with Crippen molar-refractivity contribution >= 4 is 29.6 Å². The van der Waals surface area contributed by atoms with E-state index >= 15 is 0 Å².